The average Bonchev–Trinajstić information content (AvgIpc) is 3.13. The van der Waals surface area contributed by atoms with Crippen molar-refractivity contribution in [3.8, 4) is 11.5 Å². The van der Waals surface area contributed by atoms with E-state index in [0.717, 1.165) is 13.4 Å². The Morgan fingerprint density at radius 2 is 1.53 bits per heavy atom. The van der Waals surface area contributed by atoms with Gasteiger partial charge in [0, 0.05) is 11.5 Å². The maximum absolute atomic E-state index is 13.2. The Bertz CT molecular complexity index is 1430. The summed E-state index contributed by atoms with van der Waals surface area (Å²) in [7, 11) is 2.49. The minimum absolute atomic E-state index is 0.107. The fourth-order valence-corrected chi connectivity index (χ4v) is 5.68. The Morgan fingerprint density at radius 1 is 0.863 bits per heavy atom. The number of benzene rings is 1. The molecule has 0 aromatic heterocycles. The summed E-state index contributed by atoms with van der Waals surface area (Å²) in [6.07, 6.45) is -12.5. The zero-order valence-corrected chi connectivity index (χ0v) is 28.0. The number of aliphatic hydroxyl groups excluding tert-OH is 8. The number of rotatable bonds is 13. The van der Waals surface area contributed by atoms with E-state index in [-0.39, 0.29) is 29.3 Å². The lowest BCUT2D eigenvalue weighted by Gasteiger charge is -2.42. The summed E-state index contributed by atoms with van der Waals surface area (Å²) in [4.78, 5) is 25.9. The van der Waals surface area contributed by atoms with Gasteiger partial charge in [0.15, 0.2) is 17.8 Å². The fraction of sp³-hybridized carbons (Fsp3) is 0.576. The zero-order chi connectivity index (χ0) is 37.4. The van der Waals surface area contributed by atoms with Crippen LogP contribution in [0.4, 0.5) is 0 Å². The van der Waals surface area contributed by atoms with Gasteiger partial charge >= 0.3 is 11.9 Å². The molecule has 0 spiro atoms. The lowest BCUT2D eigenvalue weighted by Crippen LogP contribution is -2.60. The first kappa shape index (κ1) is 40.1. The third-order valence-corrected chi connectivity index (χ3v) is 8.52. The molecule has 2 saturated heterocycles. The van der Waals surface area contributed by atoms with E-state index in [9.17, 15) is 45.3 Å². The number of carbonyl (C=O) groups excluding carboxylic acids is 2. The third kappa shape index (κ3) is 9.23. The molecule has 3 heterocycles. The fourth-order valence-electron chi connectivity index (χ4n) is 5.68. The van der Waals surface area contributed by atoms with E-state index in [1.807, 2.05) is 0 Å². The predicted octanol–water partition coefficient (Wildman–Crippen LogP) is -2.39. The average molecular weight is 729 g/mol. The van der Waals surface area contributed by atoms with E-state index in [1.165, 1.54) is 25.3 Å². The molecule has 0 bridgehead atoms. The van der Waals surface area contributed by atoms with Gasteiger partial charge in [-0.1, -0.05) is 24.3 Å². The van der Waals surface area contributed by atoms with Crippen LogP contribution < -0.4 is 9.47 Å². The first-order valence-corrected chi connectivity index (χ1v) is 15.9. The van der Waals surface area contributed by atoms with Gasteiger partial charge in [0.1, 0.15) is 55.4 Å². The molecule has 18 heteroatoms. The van der Waals surface area contributed by atoms with Crippen LogP contribution in [-0.2, 0) is 38.0 Å². The van der Waals surface area contributed by atoms with Gasteiger partial charge in [0.05, 0.1) is 45.7 Å². The van der Waals surface area contributed by atoms with Crippen molar-refractivity contribution < 1.29 is 88.3 Å². The molecule has 4 rings (SSSR count). The van der Waals surface area contributed by atoms with Crippen molar-refractivity contribution in [2.45, 2.75) is 81.0 Å². The van der Waals surface area contributed by atoms with Gasteiger partial charge in [-0.25, -0.2) is 4.79 Å². The van der Waals surface area contributed by atoms with E-state index < -0.39 is 105 Å². The van der Waals surface area contributed by atoms with Crippen LogP contribution in [0, 0.1) is 5.92 Å². The molecule has 1 aromatic carbocycles. The second-order valence-corrected chi connectivity index (χ2v) is 11.7. The van der Waals surface area contributed by atoms with E-state index >= 15 is 0 Å². The topological polar surface area (TPSA) is 270 Å². The minimum atomic E-state index is -1.77. The van der Waals surface area contributed by atoms with Crippen molar-refractivity contribution in [3.63, 3.8) is 0 Å². The van der Waals surface area contributed by atoms with Crippen LogP contribution in [0.1, 0.15) is 18.9 Å². The molecule has 3 aliphatic rings. The van der Waals surface area contributed by atoms with Crippen molar-refractivity contribution in [3.05, 3.63) is 53.3 Å². The lowest BCUT2D eigenvalue weighted by molar-refractivity contribution is -0.327. The largest absolute Gasteiger partial charge is 0.493 e. The van der Waals surface area contributed by atoms with Gasteiger partial charge in [-0.3, -0.25) is 4.79 Å². The molecule has 18 nitrogen and oxygen atoms in total. The molecule has 0 saturated carbocycles. The van der Waals surface area contributed by atoms with Crippen LogP contribution in [0.3, 0.4) is 0 Å². The van der Waals surface area contributed by atoms with Crippen molar-refractivity contribution >= 4 is 18.0 Å². The van der Waals surface area contributed by atoms with Crippen LogP contribution in [0.25, 0.3) is 6.08 Å². The first-order chi connectivity index (χ1) is 24.4. The van der Waals surface area contributed by atoms with Gasteiger partial charge in [-0.15, -0.1) is 0 Å². The zero-order valence-electron chi connectivity index (χ0n) is 28.0. The monoisotopic (exact) mass is 728 g/mol. The Labute approximate surface area is 292 Å². The molecule has 1 aromatic rings. The number of ether oxygens (including phenoxy) is 8. The number of esters is 2. The van der Waals surface area contributed by atoms with E-state index in [4.69, 9.17) is 43.0 Å². The summed E-state index contributed by atoms with van der Waals surface area (Å²) < 4.78 is 43.7. The molecule has 8 N–H and O–H groups in total. The summed E-state index contributed by atoms with van der Waals surface area (Å²) in [5.74, 6) is -2.50. The van der Waals surface area contributed by atoms with E-state index in [0.29, 0.717) is 5.56 Å². The molecule has 0 amide bonds. The Hall–Kier alpha value is -3.66. The third-order valence-electron chi connectivity index (χ3n) is 8.52. The van der Waals surface area contributed by atoms with Crippen LogP contribution in [-0.4, -0.2) is 155 Å². The summed E-state index contributed by atoms with van der Waals surface area (Å²) >= 11 is 0. The van der Waals surface area contributed by atoms with Crippen LogP contribution in [0.15, 0.2) is 47.8 Å². The van der Waals surface area contributed by atoms with Crippen molar-refractivity contribution in [1.29, 1.82) is 0 Å². The molecule has 3 aliphatic heterocycles. The van der Waals surface area contributed by atoms with Crippen molar-refractivity contribution in [2.75, 3.05) is 34.0 Å². The number of hydrogen-bond donors (Lipinski definition) is 8. The van der Waals surface area contributed by atoms with Crippen LogP contribution in [0.2, 0.25) is 0 Å². The second kappa shape index (κ2) is 18.2. The quantitative estimate of drug-likeness (QED) is 0.0778. The highest BCUT2D eigenvalue weighted by Gasteiger charge is 2.48. The smallest absolute Gasteiger partial charge is 0.337 e. The molecule has 284 valence electrons. The molecule has 0 radical (unpaired) electrons. The predicted molar refractivity (Wildman–Crippen MR) is 169 cm³/mol. The van der Waals surface area contributed by atoms with Gasteiger partial charge < -0.3 is 78.7 Å². The Balaban J connectivity index is 1.45. The maximum atomic E-state index is 13.2. The Morgan fingerprint density at radius 3 is 2.16 bits per heavy atom. The summed E-state index contributed by atoms with van der Waals surface area (Å²) in [5, 5.41) is 81.0. The first-order valence-electron chi connectivity index (χ1n) is 15.9. The lowest BCUT2D eigenvalue weighted by atomic mass is 9.86. The molecule has 51 heavy (non-hydrogen) atoms. The summed E-state index contributed by atoms with van der Waals surface area (Å²) in [6.45, 7) is 0.0433. The number of methoxy groups -OCH3 is 2. The van der Waals surface area contributed by atoms with Crippen molar-refractivity contribution in [1.82, 2.24) is 0 Å². The maximum Gasteiger partial charge on any atom is 0.337 e. The second-order valence-electron chi connectivity index (χ2n) is 11.7. The summed E-state index contributed by atoms with van der Waals surface area (Å²) in [6, 6.07) is 4.73. The summed E-state index contributed by atoms with van der Waals surface area (Å²) in [5.41, 5.74) is 0.741. The molecule has 2 fully saturated rings. The van der Waals surface area contributed by atoms with Gasteiger partial charge in [0.25, 0.3) is 0 Å². The van der Waals surface area contributed by atoms with Gasteiger partial charge in [-0.05, 0) is 24.6 Å². The minimum Gasteiger partial charge on any atom is -0.493 e. The van der Waals surface area contributed by atoms with Crippen LogP contribution in [0.5, 0.6) is 11.5 Å². The molecule has 12 atom stereocenters. The number of hydrogen-bond acceptors (Lipinski definition) is 18. The SMILES string of the molecule is C/C=C1/[C@H](O[C@@H]2O[C@H](CO)[C@@H](O)[C@H](O)[C@H]2O)OC=C(C(=O)OC)[C@H]1CC(=O)OC[C@H]1O[C@@H](Oc2ccc(/C=C/CO)cc2OC)[C@H](O)[C@@H](O)[C@@H]1O. The highest BCUT2D eigenvalue weighted by atomic mass is 16.8. The van der Waals surface area contributed by atoms with Crippen LogP contribution >= 0.6 is 0 Å². The number of aliphatic hydroxyl groups is 8. The number of carbonyl (C=O) groups is 2. The Kier molecular flexibility index (Phi) is 14.3. The molecular weight excluding hydrogens is 684 g/mol. The van der Waals surface area contributed by atoms with Gasteiger partial charge in [-0.2, -0.15) is 0 Å². The molecule has 0 unspecified atom stereocenters. The number of allylic oxidation sites excluding steroid dienone is 1. The molecular formula is C33H44O18. The van der Waals surface area contributed by atoms with Crippen molar-refractivity contribution in [2.24, 2.45) is 5.92 Å². The van der Waals surface area contributed by atoms with E-state index in [1.54, 1.807) is 25.1 Å². The highest BCUT2D eigenvalue weighted by molar-refractivity contribution is 5.90. The van der Waals surface area contributed by atoms with Gasteiger partial charge in [0.2, 0.25) is 12.6 Å². The normalized spacial score (nSPS) is 34.8. The standard InChI is InChI=1S/C33H44O18/c1-4-16-17(18(30(43)45-3)13-47-31(16)51-33-29(42)26(39)24(37)21(12-35)49-33)11-23(36)46-14-22-25(38)27(40)28(41)32(50-22)48-19-8-7-15(6-5-9-34)10-20(19)44-2/h4-8,10,13,17,21-22,24-29,31-35,37-42H,9,11-12,14H2,1-3H3/b6-5+,16-4+/t17-,21+,22+,24+,25+,26-,27-,28+,29+,31-,32+,33-/m0/s1. The van der Waals surface area contributed by atoms with E-state index in [2.05, 4.69) is 0 Å². The molecule has 0 aliphatic carbocycles. The highest BCUT2D eigenvalue weighted by Crippen LogP contribution is 2.37.